The molecule has 1 heterocycles. The largest absolute Gasteiger partial charge is 0.250 e. The smallest absolute Gasteiger partial charge is 0.145 e. The fraction of sp³-hybridized carbons (Fsp3) is 0.556. The van der Waals surface area contributed by atoms with E-state index in [9.17, 15) is 0 Å². The van der Waals surface area contributed by atoms with Crippen molar-refractivity contribution in [1.29, 1.82) is 5.26 Å². The van der Waals surface area contributed by atoms with E-state index >= 15 is 0 Å². The molecule has 0 aliphatic carbocycles. The Bertz CT molecular complexity index is 346. The van der Waals surface area contributed by atoms with E-state index in [1.807, 2.05) is 20.8 Å². The average Bonchev–Trinajstić information content (AvgIpc) is 2.41. The van der Waals surface area contributed by atoms with Gasteiger partial charge in [-0.25, -0.2) is 4.68 Å². The van der Waals surface area contributed by atoms with Gasteiger partial charge in [0.15, 0.2) is 0 Å². The number of hydrogen-bond donors (Lipinski definition) is 0. The van der Waals surface area contributed by atoms with Gasteiger partial charge in [-0.15, -0.1) is 0 Å². The lowest BCUT2D eigenvalue weighted by atomic mass is 10.2. The number of aryl methyl sites for hydroxylation is 1. The molecule has 0 atom stereocenters. The van der Waals surface area contributed by atoms with Crippen molar-refractivity contribution in [1.82, 2.24) is 9.78 Å². The number of nitrogens with zero attached hydrogens (tertiary/aromatic N) is 3. The van der Waals surface area contributed by atoms with Gasteiger partial charge < -0.3 is 0 Å². The molecule has 1 aromatic heterocycles. The van der Waals surface area contributed by atoms with Crippen LogP contribution in [0.25, 0.3) is 0 Å². The predicted molar refractivity (Wildman–Crippen MR) is 51.7 cm³/mol. The molecule has 0 aliphatic heterocycles. The summed E-state index contributed by atoms with van der Waals surface area (Å²) < 4.78 is 1.68. The Morgan fingerprint density at radius 3 is 2.54 bits per heavy atom. The van der Waals surface area contributed by atoms with Gasteiger partial charge in [-0.1, -0.05) is 18.5 Å². The number of rotatable bonds is 2. The minimum atomic E-state index is 0.194. The molecule has 0 bridgehead atoms. The second-order valence-electron chi connectivity index (χ2n) is 3.12. The van der Waals surface area contributed by atoms with Gasteiger partial charge in [-0.3, -0.25) is 0 Å². The molecule has 70 valence electrons. The summed E-state index contributed by atoms with van der Waals surface area (Å²) in [4.78, 5) is 0. The first kappa shape index (κ1) is 10.1. The molecule has 0 aliphatic rings. The quantitative estimate of drug-likeness (QED) is 0.731. The zero-order valence-corrected chi connectivity index (χ0v) is 8.76. The molecular weight excluding hydrogens is 186 g/mol. The van der Waals surface area contributed by atoms with Crippen molar-refractivity contribution < 1.29 is 0 Å². The van der Waals surface area contributed by atoms with Gasteiger partial charge in [0.25, 0.3) is 0 Å². The summed E-state index contributed by atoms with van der Waals surface area (Å²) in [5, 5.41) is 13.6. The van der Waals surface area contributed by atoms with Crippen LogP contribution in [0.1, 0.15) is 38.1 Å². The van der Waals surface area contributed by atoms with E-state index in [1.165, 1.54) is 0 Å². The summed E-state index contributed by atoms with van der Waals surface area (Å²) in [7, 11) is 0. The highest BCUT2D eigenvalue weighted by molar-refractivity contribution is 6.30. The van der Waals surface area contributed by atoms with Gasteiger partial charge in [0.1, 0.15) is 16.8 Å². The van der Waals surface area contributed by atoms with Crippen molar-refractivity contribution >= 4 is 11.6 Å². The summed E-state index contributed by atoms with van der Waals surface area (Å²) in [5.41, 5.74) is 1.29. The van der Waals surface area contributed by atoms with Crippen molar-refractivity contribution in [3.8, 4) is 6.07 Å². The van der Waals surface area contributed by atoms with E-state index in [4.69, 9.17) is 16.9 Å². The summed E-state index contributed by atoms with van der Waals surface area (Å²) in [6, 6.07) is 2.27. The maximum atomic E-state index is 8.84. The van der Waals surface area contributed by atoms with Gasteiger partial charge in [0.05, 0.1) is 5.69 Å². The van der Waals surface area contributed by atoms with Gasteiger partial charge in [-0.05, 0) is 20.3 Å². The maximum Gasteiger partial charge on any atom is 0.145 e. The maximum absolute atomic E-state index is 8.84. The summed E-state index contributed by atoms with van der Waals surface area (Å²) in [5.74, 6) is 0. The van der Waals surface area contributed by atoms with E-state index < -0.39 is 0 Å². The Balaban J connectivity index is 3.28. The van der Waals surface area contributed by atoms with Crippen LogP contribution in [-0.2, 0) is 6.42 Å². The third kappa shape index (κ3) is 1.68. The Labute approximate surface area is 82.9 Å². The van der Waals surface area contributed by atoms with Crippen molar-refractivity contribution in [2.45, 2.75) is 33.2 Å². The molecule has 3 nitrogen and oxygen atoms in total. The molecule has 13 heavy (non-hydrogen) atoms. The molecule has 0 spiro atoms. The van der Waals surface area contributed by atoms with Crippen molar-refractivity contribution in [3.05, 3.63) is 16.4 Å². The first-order valence-corrected chi connectivity index (χ1v) is 4.66. The number of hydrogen-bond acceptors (Lipinski definition) is 2. The monoisotopic (exact) mass is 197 g/mol. The molecule has 4 heteroatoms. The number of nitriles is 1. The molecule has 0 aromatic carbocycles. The summed E-state index contributed by atoms with van der Waals surface area (Å²) in [6.45, 7) is 5.93. The van der Waals surface area contributed by atoms with Crippen LogP contribution >= 0.6 is 11.6 Å². The van der Waals surface area contributed by atoms with Gasteiger partial charge in [0.2, 0.25) is 0 Å². The van der Waals surface area contributed by atoms with Gasteiger partial charge in [-0.2, -0.15) is 10.4 Å². The lowest BCUT2D eigenvalue weighted by Gasteiger charge is -2.05. The molecule has 0 saturated heterocycles. The molecule has 0 saturated carbocycles. The SMILES string of the molecule is CCc1nn(C(C)C)c(Cl)c1C#N. The fourth-order valence-electron chi connectivity index (χ4n) is 1.16. The van der Waals surface area contributed by atoms with Crippen molar-refractivity contribution in [3.63, 3.8) is 0 Å². The second kappa shape index (κ2) is 3.80. The third-order valence-corrected chi connectivity index (χ3v) is 2.22. The number of aromatic nitrogens is 2. The fourth-order valence-corrected chi connectivity index (χ4v) is 1.54. The topological polar surface area (TPSA) is 41.6 Å². The van der Waals surface area contributed by atoms with E-state index in [1.54, 1.807) is 4.68 Å². The Morgan fingerprint density at radius 2 is 2.23 bits per heavy atom. The highest BCUT2D eigenvalue weighted by Crippen LogP contribution is 2.22. The number of halogens is 1. The minimum Gasteiger partial charge on any atom is -0.250 e. The van der Waals surface area contributed by atoms with Crippen LogP contribution in [0, 0.1) is 11.3 Å². The van der Waals surface area contributed by atoms with Crippen molar-refractivity contribution in [2.75, 3.05) is 0 Å². The Kier molecular flexibility index (Phi) is 2.94. The van der Waals surface area contributed by atoms with Crippen LogP contribution in [0.5, 0.6) is 0 Å². The summed E-state index contributed by atoms with van der Waals surface area (Å²) >= 11 is 5.98. The Morgan fingerprint density at radius 1 is 1.62 bits per heavy atom. The molecule has 0 fully saturated rings. The van der Waals surface area contributed by atoms with E-state index in [-0.39, 0.29) is 6.04 Å². The molecule has 1 rings (SSSR count). The van der Waals surface area contributed by atoms with Crippen LogP contribution in [0.2, 0.25) is 5.15 Å². The first-order chi connectivity index (χ1) is 6.11. The van der Waals surface area contributed by atoms with E-state index in [0.29, 0.717) is 10.7 Å². The average molecular weight is 198 g/mol. The van der Waals surface area contributed by atoms with Crippen LogP contribution in [0.3, 0.4) is 0 Å². The second-order valence-corrected chi connectivity index (χ2v) is 3.47. The van der Waals surface area contributed by atoms with Crippen LogP contribution < -0.4 is 0 Å². The molecule has 0 N–H and O–H groups in total. The van der Waals surface area contributed by atoms with Gasteiger partial charge >= 0.3 is 0 Å². The normalized spacial score (nSPS) is 10.5. The molecule has 1 aromatic rings. The van der Waals surface area contributed by atoms with E-state index in [0.717, 1.165) is 12.1 Å². The van der Waals surface area contributed by atoms with Gasteiger partial charge in [0, 0.05) is 6.04 Å². The van der Waals surface area contributed by atoms with Crippen LogP contribution in [-0.4, -0.2) is 9.78 Å². The highest BCUT2D eigenvalue weighted by Gasteiger charge is 2.15. The zero-order valence-electron chi connectivity index (χ0n) is 8.00. The standard InChI is InChI=1S/C9H12ClN3/c1-4-8-7(5-11)9(10)13(12-8)6(2)3/h6H,4H2,1-3H3. The van der Waals surface area contributed by atoms with Crippen molar-refractivity contribution in [2.24, 2.45) is 0 Å². The molecular formula is C9H12ClN3. The third-order valence-electron chi connectivity index (χ3n) is 1.86. The van der Waals surface area contributed by atoms with E-state index in [2.05, 4.69) is 11.2 Å². The molecule has 0 unspecified atom stereocenters. The molecule has 0 radical (unpaired) electrons. The first-order valence-electron chi connectivity index (χ1n) is 4.28. The summed E-state index contributed by atoms with van der Waals surface area (Å²) in [6.07, 6.45) is 0.738. The Hall–Kier alpha value is -1.01. The van der Waals surface area contributed by atoms with Crippen LogP contribution in [0.15, 0.2) is 0 Å². The lowest BCUT2D eigenvalue weighted by Crippen LogP contribution is -2.03. The highest BCUT2D eigenvalue weighted by atomic mass is 35.5. The zero-order chi connectivity index (χ0) is 10.0. The predicted octanol–water partition coefficient (Wildman–Crippen LogP) is 2.55. The van der Waals surface area contributed by atoms with Crippen LogP contribution in [0.4, 0.5) is 0 Å². The lowest BCUT2D eigenvalue weighted by molar-refractivity contribution is 0.528. The molecule has 0 amide bonds. The minimum absolute atomic E-state index is 0.194.